The van der Waals surface area contributed by atoms with Gasteiger partial charge in [0.05, 0.1) is 0 Å². The average molecular weight is 161 g/mol. The van der Waals surface area contributed by atoms with Crippen LogP contribution in [0.15, 0.2) is 0 Å². The van der Waals surface area contributed by atoms with Gasteiger partial charge in [-0.25, -0.2) is 0 Å². The highest BCUT2D eigenvalue weighted by molar-refractivity contribution is 7.44. The summed E-state index contributed by atoms with van der Waals surface area (Å²) in [5, 5.41) is 0. The Kier molecular flexibility index (Phi) is 7.28. The van der Waals surface area contributed by atoms with Gasteiger partial charge in [0.1, 0.15) is 12.3 Å². The van der Waals surface area contributed by atoms with E-state index < -0.39 is 7.80 Å². The van der Waals surface area contributed by atoms with Crippen LogP contribution < -0.4 is 0 Å². The lowest BCUT2D eigenvalue weighted by Gasteiger charge is -1.87. The molecular formula is C8H18OP+. The van der Waals surface area contributed by atoms with Crippen LogP contribution in [0.4, 0.5) is 0 Å². The molecule has 0 N–H and O–H groups in total. The molecule has 0 spiro atoms. The second-order valence-corrected chi connectivity index (χ2v) is 4.49. The predicted molar refractivity (Wildman–Crippen MR) is 47.2 cm³/mol. The van der Waals surface area contributed by atoms with Crippen molar-refractivity contribution in [3.8, 4) is 0 Å². The summed E-state index contributed by atoms with van der Waals surface area (Å²) in [5.41, 5.74) is 0. The standard InChI is InChI=1S/C8H18OP/c1-3-5-6-8-10(9)7-4-2/h3-8H2,1-2H3/q+1. The van der Waals surface area contributed by atoms with Crippen molar-refractivity contribution < 1.29 is 4.57 Å². The predicted octanol–water partition coefficient (Wildman–Crippen LogP) is 3.41. The van der Waals surface area contributed by atoms with Crippen LogP contribution in [0.1, 0.15) is 39.5 Å². The van der Waals surface area contributed by atoms with Crippen molar-refractivity contribution in [1.29, 1.82) is 0 Å². The van der Waals surface area contributed by atoms with Crippen molar-refractivity contribution in [3.63, 3.8) is 0 Å². The fraction of sp³-hybridized carbons (Fsp3) is 1.00. The first kappa shape index (κ1) is 10.1. The minimum atomic E-state index is -0.842. The maximum Gasteiger partial charge on any atom is 0.338 e. The summed E-state index contributed by atoms with van der Waals surface area (Å²) in [4.78, 5) is 0. The quantitative estimate of drug-likeness (QED) is 0.431. The molecule has 0 bridgehead atoms. The Hall–Kier alpha value is 0.100. The molecule has 0 aromatic heterocycles. The minimum absolute atomic E-state index is 0.842. The molecule has 0 saturated heterocycles. The number of unbranched alkanes of at least 4 members (excludes halogenated alkanes) is 2. The smallest absolute Gasteiger partial charge is 0.0748 e. The molecule has 10 heavy (non-hydrogen) atoms. The average Bonchev–Trinajstić information content (AvgIpc) is 1.89. The Morgan fingerprint density at radius 2 is 1.70 bits per heavy atom. The molecule has 2 heteroatoms. The Morgan fingerprint density at radius 3 is 2.20 bits per heavy atom. The number of rotatable bonds is 6. The van der Waals surface area contributed by atoms with E-state index in [1.54, 1.807) is 0 Å². The molecule has 0 saturated carbocycles. The lowest BCUT2D eigenvalue weighted by atomic mass is 10.3. The zero-order valence-electron chi connectivity index (χ0n) is 7.10. The van der Waals surface area contributed by atoms with Gasteiger partial charge in [0, 0.05) is 0 Å². The third-order valence-electron chi connectivity index (χ3n) is 1.48. The van der Waals surface area contributed by atoms with Gasteiger partial charge in [-0.2, -0.15) is 0 Å². The fourth-order valence-electron chi connectivity index (χ4n) is 0.899. The van der Waals surface area contributed by atoms with Crippen LogP contribution in [0.25, 0.3) is 0 Å². The fourth-order valence-corrected chi connectivity index (χ4v) is 2.20. The van der Waals surface area contributed by atoms with E-state index in [1.165, 1.54) is 12.8 Å². The summed E-state index contributed by atoms with van der Waals surface area (Å²) in [6.07, 6.45) is 6.59. The van der Waals surface area contributed by atoms with Crippen molar-refractivity contribution in [1.82, 2.24) is 0 Å². The van der Waals surface area contributed by atoms with E-state index in [1.807, 2.05) is 0 Å². The molecule has 60 valence electrons. The highest BCUT2D eigenvalue weighted by Gasteiger charge is 2.10. The zero-order chi connectivity index (χ0) is 7.82. The summed E-state index contributed by atoms with van der Waals surface area (Å²) in [6, 6.07) is 0. The third kappa shape index (κ3) is 6.22. The van der Waals surface area contributed by atoms with Gasteiger partial charge in [0.25, 0.3) is 0 Å². The largest absolute Gasteiger partial charge is 0.338 e. The first-order valence-corrected chi connectivity index (χ1v) is 5.86. The molecule has 1 nitrogen and oxygen atoms in total. The van der Waals surface area contributed by atoms with E-state index >= 15 is 0 Å². The molecular weight excluding hydrogens is 143 g/mol. The molecule has 0 radical (unpaired) electrons. The molecule has 0 amide bonds. The Bertz CT molecular complexity index is 91.3. The second kappa shape index (κ2) is 7.21. The Balaban J connectivity index is 3.05. The molecule has 0 aliphatic rings. The zero-order valence-corrected chi connectivity index (χ0v) is 7.99. The van der Waals surface area contributed by atoms with E-state index in [2.05, 4.69) is 13.8 Å². The number of hydrogen-bond donors (Lipinski definition) is 0. The SMILES string of the molecule is CCCCC[P+](=O)CCC. The molecule has 0 rings (SSSR count). The highest BCUT2D eigenvalue weighted by Crippen LogP contribution is 2.22. The third-order valence-corrected chi connectivity index (χ3v) is 3.25. The molecule has 0 aliphatic heterocycles. The number of hydrogen-bond acceptors (Lipinski definition) is 1. The van der Waals surface area contributed by atoms with Gasteiger partial charge in [-0.15, -0.1) is 0 Å². The van der Waals surface area contributed by atoms with Crippen molar-refractivity contribution in [2.75, 3.05) is 12.3 Å². The normalized spacial score (nSPS) is 11.6. The highest BCUT2D eigenvalue weighted by atomic mass is 31.1. The van der Waals surface area contributed by atoms with Gasteiger partial charge in [0.15, 0.2) is 0 Å². The van der Waals surface area contributed by atoms with E-state index in [0.717, 1.165) is 25.2 Å². The van der Waals surface area contributed by atoms with E-state index in [4.69, 9.17) is 0 Å². The summed E-state index contributed by atoms with van der Waals surface area (Å²) >= 11 is 0. The molecule has 0 aromatic rings. The molecule has 1 atom stereocenters. The van der Waals surface area contributed by atoms with Gasteiger partial charge in [-0.05, 0) is 19.3 Å². The Morgan fingerprint density at radius 1 is 1.00 bits per heavy atom. The van der Waals surface area contributed by atoms with Crippen LogP contribution >= 0.6 is 7.80 Å². The second-order valence-electron chi connectivity index (χ2n) is 2.64. The van der Waals surface area contributed by atoms with Crippen molar-refractivity contribution in [3.05, 3.63) is 0 Å². The summed E-state index contributed by atoms with van der Waals surface area (Å²) in [7, 11) is -0.842. The molecule has 0 aliphatic carbocycles. The minimum Gasteiger partial charge on any atom is -0.0748 e. The van der Waals surface area contributed by atoms with Gasteiger partial charge < -0.3 is 0 Å². The van der Waals surface area contributed by atoms with Crippen LogP contribution in [0, 0.1) is 0 Å². The first-order chi connectivity index (χ1) is 4.81. The summed E-state index contributed by atoms with van der Waals surface area (Å²) in [5.74, 6) is 0. The van der Waals surface area contributed by atoms with Gasteiger partial charge in [0.2, 0.25) is 0 Å². The van der Waals surface area contributed by atoms with Crippen LogP contribution in [-0.4, -0.2) is 12.3 Å². The van der Waals surface area contributed by atoms with Crippen LogP contribution in [0.3, 0.4) is 0 Å². The van der Waals surface area contributed by atoms with E-state index in [0.29, 0.717) is 0 Å². The van der Waals surface area contributed by atoms with Crippen molar-refractivity contribution in [2.45, 2.75) is 39.5 Å². The van der Waals surface area contributed by atoms with Gasteiger partial charge >= 0.3 is 7.80 Å². The lowest BCUT2D eigenvalue weighted by molar-refractivity contribution is 0.584. The van der Waals surface area contributed by atoms with Gasteiger partial charge in [-0.3, -0.25) is 0 Å². The van der Waals surface area contributed by atoms with Crippen LogP contribution in [0.5, 0.6) is 0 Å². The molecule has 0 heterocycles. The lowest BCUT2D eigenvalue weighted by Crippen LogP contribution is -1.82. The van der Waals surface area contributed by atoms with Crippen molar-refractivity contribution >= 4 is 7.80 Å². The Labute approximate surface area is 65.0 Å². The first-order valence-electron chi connectivity index (χ1n) is 4.23. The molecule has 0 fully saturated rings. The topological polar surface area (TPSA) is 17.1 Å². The van der Waals surface area contributed by atoms with Crippen molar-refractivity contribution in [2.24, 2.45) is 0 Å². The van der Waals surface area contributed by atoms with Crippen LogP contribution in [-0.2, 0) is 4.57 Å². The summed E-state index contributed by atoms with van der Waals surface area (Å²) < 4.78 is 11.1. The maximum atomic E-state index is 11.1. The molecule has 1 unspecified atom stereocenters. The van der Waals surface area contributed by atoms with E-state index in [9.17, 15) is 4.57 Å². The van der Waals surface area contributed by atoms with E-state index in [-0.39, 0.29) is 0 Å². The maximum absolute atomic E-state index is 11.1. The van der Waals surface area contributed by atoms with Crippen LogP contribution in [0.2, 0.25) is 0 Å². The van der Waals surface area contributed by atoms with Gasteiger partial charge in [-0.1, -0.05) is 24.8 Å². The monoisotopic (exact) mass is 161 g/mol. The summed E-state index contributed by atoms with van der Waals surface area (Å²) in [6.45, 7) is 4.26. The molecule has 0 aromatic carbocycles.